The monoisotopic (exact) mass is 307 g/mol. The predicted octanol–water partition coefficient (Wildman–Crippen LogP) is 3.09. The van der Waals surface area contributed by atoms with Crippen molar-refractivity contribution in [1.82, 2.24) is 15.1 Å². The van der Waals surface area contributed by atoms with Gasteiger partial charge in [-0.25, -0.2) is 0 Å². The molecular formula is C13H14BrN3O. The van der Waals surface area contributed by atoms with Crippen molar-refractivity contribution in [2.45, 2.75) is 19.4 Å². The van der Waals surface area contributed by atoms with E-state index in [-0.39, 0.29) is 0 Å². The van der Waals surface area contributed by atoms with Crippen LogP contribution in [0.5, 0.6) is 0 Å². The number of hydrogen-bond donors (Lipinski definition) is 0. The van der Waals surface area contributed by atoms with E-state index in [9.17, 15) is 0 Å². The first-order chi connectivity index (χ1) is 8.81. The van der Waals surface area contributed by atoms with Crippen molar-refractivity contribution in [1.29, 1.82) is 0 Å². The highest BCUT2D eigenvalue weighted by Crippen LogP contribution is 2.21. The van der Waals surface area contributed by atoms with Crippen LogP contribution in [0.15, 0.2) is 33.2 Å². The van der Waals surface area contributed by atoms with Crippen LogP contribution in [0.1, 0.15) is 18.7 Å². The van der Waals surface area contributed by atoms with Crippen molar-refractivity contribution in [3.05, 3.63) is 34.6 Å². The molecule has 0 amide bonds. The Morgan fingerprint density at radius 1 is 1.11 bits per heavy atom. The fourth-order valence-electron chi connectivity index (χ4n) is 2.16. The van der Waals surface area contributed by atoms with Crippen molar-refractivity contribution in [2.24, 2.45) is 0 Å². The first kappa shape index (κ1) is 11.9. The summed E-state index contributed by atoms with van der Waals surface area (Å²) in [6, 6.07) is 7.88. The second kappa shape index (κ2) is 5.20. The highest BCUT2D eigenvalue weighted by molar-refractivity contribution is 9.10. The summed E-state index contributed by atoms with van der Waals surface area (Å²) in [6.07, 6.45) is 2.54. The number of benzene rings is 1. The van der Waals surface area contributed by atoms with Gasteiger partial charge in [0, 0.05) is 10.0 Å². The Balaban J connectivity index is 1.74. The van der Waals surface area contributed by atoms with Gasteiger partial charge in [-0.15, -0.1) is 10.2 Å². The largest absolute Gasteiger partial charge is 0.419 e. The molecular weight excluding hydrogens is 294 g/mol. The minimum atomic E-state index is 0.594. The molecule has 2 aromatic rings. The number of rotatable bonds is 3. The van der Waals surface area contributed by atoms with Gasteiger partial charge in [-0.1, -0.05) is 15.9 Å². The molecule has 1 saturated heterocycles. The van der Waals surface area contributed by atoms with Gasteiger partial charge in [0.05, 0.1) is 6.54 Å². The summed E-state index contributed by atoms with van der Waals surface area (Å²) < 4.78 is 6.74. The molecule has 18 heavy (non-hydrogen) atoms. The van der Waals surface area contributed by atoms with E-state index in [1.54, 1.807) is 0 Å². The van der Waals surface area contributed by atoms with E-state index in [1.165, 1.54) is 12.8 Å². The molecule has 0 unspecified atom stereocenters. The molecule has 2 heterocycles. The minimum Gasteiger partial charge on any atom is -0.419 e. The zero-order valence-corrected chi connectivity index (χ0v) is 11.6. The summed E-state index contributed by atoms with van der Waals surface area (Å²) in [5.41, 5.74) is 0.957. The van der Waals surface area contributed by atoms with E-state index in [1.807, 2.05) is 24.3 Å². The predicted molar refractivity (Wildman–Crippen MR) is 71.9 cm³/mol. The van der Waals surface area contributed by atoms with E-state index in [2.05, 4.69) is 31.0 Å². The molecule has 0 spiro atoms. The first-order valence-electron chi connectivity index (χ1n) is 6.12. The van der Waals surface area contributed by atoms with Crippen LogP contribution >= 0.6 is 15.9 Å². The molecule has 4 nitrogen and oxygen atoms in total. The molecule has 94 valence electrons. The van der Waals surface area contributed by atoms with Crippen LogP contribution < -0.4 is 0 Å². The number of halogens is 1. The van der Waals surface area contributed by atoms with E-state index in [0.29, 0.717) is 11.8 Å². The van der Waals surface area contributed by atoms with E-state index < -0.39 is 0 Å². The average molecular weight is 308 g/mol. The Morgan fingerprint density at radius 2 is 1.83 bits per heavy atom. The third kappa shape index (κ3) is 2.62. The lowest BCUT2D eigenvalue weighted by atomic mass is 10.2. The van der Waals surface area contributed by atoms with Crippen LogP contribution in [0.3, 0.4) is 0 Å². The summed E-state index contributed by atoms with van der Waals surface area (Å²) >= 11 is 3.41. The average Bonchev–Trinajstić information content (AvgIpc) is 3.02. The zero-order valence-electron chi connectivity index (χ0n) is 9.97. The van der Waals surface area contributed by atoms with E-state index in [0.717, 1.165) is 29.7 Å². The van der Waals surface area contributed by atoms with Gasteiger partial charge in [-0.05, 0) is 50.2 Å². The number of hydrogen-bond acceptors (Lipinski definition) is 4. The lowest BCUT2D eigenvalue weighted by Gasteiger charge is -2.10. The Morgan fingerprint density at radius 3 is 2.56 bits per heavy atom. The van der Waals surface area contributed by atoms with Gasteiger partial charge >= 0.3 is 0 Å². The molecule has 0 bridgehead atoms. The maximum atomic E-state index is 5.69. The zero-order chi connectivity index (χ0) is 12.4. The lowest BCUT2D eigenvalue weighted by molar-refractivity contribution is 0.292. The molecule has 0 radical (unpaired) electrons. The van der Waals surface area contributed by atoms with Gasteiger partial charge < -0.3 is 4.42 Å². The Bertz CT molecular complexity index is 517. The molecule has 0 saturated carbocycles. The van der Waals surface area contributed by atoms with Crippen LogP contribution in [0.25, 0.3) is 11.5 Å². The van der Waals surface area contributed by atoms with Crippen LogP contribution in [-0.4, -0.2) is 28.2 Å². The highest BCUT2D eigenvalue weighted by atomic mass is 79.9. The van der Waals surface area contributed by atoms with Gasteiger partial charge in [0.25, 0.3) is 0 Å². The molecule has 1 aromatic heterocycles. The SMILES string of the molecule is Brc1ccc(-c2nnc(CN3CCCC3)o2)cc1. The van der Waals surface area contributed by atoms with Gasteiger partial charge in [0.1, 0.15) is 0 Å². The third-order valence-electron chi connectivity index (χ3n) is 3.12. The topological polar surface area (TPSA) is 42.2 Å². The van der Waals surface area contributed by atoms with E-state index in [4.69, 9.17) is 4.42 Å². The molecule has 0 N–H and O–H groups in total. The highest BCUT2D eigenvalue weighted by Gasteiger charge is 2.15. The standard InChI is InChI=1S/C13H14BrN3O/c14-11-5-3-10(4-6-11)13-16-15-12(18-13)9-17-7-1-2-8-17/h3-6H,1-2,7-9H2. The van der Waals surface area contributed by atoms with Crippen molar-refractivity contribution >= 4 is 15.9 Å². The van der Waals surface area contributed by atoms with Crippen LogP contribution in [-0.2, 0) is 6.54 Å². The molecule has 3 rings (SSSR count). The number of aromatic nitrogens is 2. The van der Waals surface area contributed by atoms with Crippen LogP contribution in [0, 0.1) is 0 Å². The smallest absolute Gasteiger partial charge is 0.247 e. The maximum Gasteiger partial charge on any atom is 0.247 e. The third-order valence-corrected chi connectivity index (χ3v) is 3.64. The van der Waals surface area contributed by atoms with Gasteiger partial charge in [-0.2, -0.15) is 0 Å². The molecule has 5 heteroatoms. The van der Waals surface area contributed by atoms with Gasteiger partial charge in [0.2, 0.25) is 11.8 Å². The maximum absolute atomic E-state index is 5.69. The van der Waals surface area contributed by atoms with Gasteiger partial charge in [0.15, 0.2) is 0 Å². The Hall–Kier alpha value is -1.20. The Labute approximate surface area is 114 Å². The summed E-state index contributed by atoms with van der Waals surface area (Å²) in [4.78, 5) is 2.35. The normalized spacial score (nSPS) is 16.3. The molecule has 1 aliphatic heterocycles. The molecule has 1 aromatic carbocycles. The minimum absolute atomic E-state index is 0.594. The number of nitrogens with zero attached hydrogens (tertiary/aromatic N) is 3. The van der Waals surface area contributed by atoms with Crippen molar-refractivity contribution < 1.29 is 4.42 Å². The second-order valence-corrected chi connectivity index (χ2v) is 5.41. The lowest BCUT2D eigenvalue weighted by Crippen LogP contribution is -2.18. The molecule has 1 aliphatic rings. The Kier molecular flexibility index (Phi) is 3.43. The van der Waals surface area contributed by atoms with E-state index >= 15 is 0 Å². The summed E-state index contributed by atoms with van der Waals surface area (Å²) in [6.45, 7) is 3.04. The van der Waals surface area contributed by atoms with Gasteiger partial charge in [-0.3, -0.25) is 4.90 Å². The van der Waals surface area contributed by atoms with Crippen molar-refractivity contribution in [2.75, 3.05) is 13.1 Å². The van der Waals surface area contributed by atoms with Crippen molar-refractivity contribution in [3.63, 3.8) is 0 Å². The fourth-order valence-corrected chi connectivity index (χ4v) is 2.42. The summed E-state index contributed by atoms with van der Waals surface area (Å²) in [5, 5.41) is 8.21. The molecule has 0 aliphatic carbocycles. The molecule has 1 fully saturated rings. The summed E-state index contributed by atoms with van der Waals surface area (Å²) in [5.74, 6) is 1.30. The molecule has 0 atom stereocenters. The fraction of sp³-hybridized carbons (Fsp3) is 0.385. The second-order valence-electron chi connectivity index (χ2n) is 4.49. The first-order valence-corrected chi connectivity index (χ1v) is 6.91. The van der Waals surface area contributed by atoms with Crippen LogP contribution in [0.2, 0.25) is 0 Å². The quantitative estimate of drug-likeness (QED) is 0.874. The van der Waals surface area contributed by atoms with Crippen LogP contribution in [0.4, 0.5) is 0 Å². The van der Waals surface area contributed by atoms with Crippen molar-refractivity contribution in [3.8, 4) is 11.5 Å². The number of likely N-dealkylation sites (tertiary alicyclic amines) is 1. The summed E-state index contributed by atoms with van der Waals surface area (Å²) in [7, 11) is 0.